The van der Waals surface area contributed by atoms with Gasteiger partial charge in [0.15, 0.2) is 0 Å². The molecule has 0 aromatic heterocycles. The highest BCUT2D eigenvalue weighted by molar-refractivity contribution is 8.04. The molecule has 1 amide bonds. The quantitative estimate of drug-likeness (QED) is 0.405. The highest BCUT2D eigenvalue weighted by atomic mass is 32.2. The van der Waals surface area contributed by atoms with E-state index in [-0.39, 0.29) is 5.91 Å². The molecule has 0 radical (unpaired) electrons. The number of ether oxygens (including phenoxy) is 2. The lowest BCUT2D eigenvalue weighted by Gasteiger charge is -2.16. The molecular weight excluding hydrogens is 242 g/mol. The van der Waals surface area contributed by atoms with Crippen molar-refractivity contribution in [2.75, 3.05) is 32.1 Å². The standard InChI is InChI=1S/C11H17NO4S/c1-3-15-6-5-12-9(13)8-17-10(12)7-11(14)16-4-2/h7H,3-6,8H2,1-2H3/b10-7+. The van der Waals surface area contributed by atoms with Crippen LogP contribution in [0.4, 0.5) is 0 Å². The molecule has 0 aliphatic carbocycles. The molecule has 0 aromatic carbocycles. The summed E-state index contributed by atoms with van der Waals surface area (Å²) in [4.78, 5) is 24.4. The van der Waals surface area contributed by atoms with Crippen molar-refractivity contribution in [2.45, 2.75) is 13.8 Å². The number of esters is 1. The zero-order chi connectivity index (χ0) is 12.7. The van der Waals surface area contributed by atoms with Gasteiger partial charge in [0.1, 0.15) is 0 Å². The number of nitrogens with zero attached hydrogens (tertiary/aromatic N) is 1. The Kier molecular flexibility index (Phi) is 6.07. The van der Waals surface area contributed by atoms with Crippen LogP contribution in [0, 0.1) is 0 Å². The van der Waals surface area contributed by atoms with E-state index in [1.165, 1.54) is 17.8 Å². The van der Waals surface area contributed by atoms with Gasteiger partial charge in [-0.15, -0.1) is 0 Å². The number of amides is 1. The topological polar surface area (TPSA) is 55.8 Å². The molecule has 0 saturated carbocycles. The zero-order valence-corrected chi connectivity index (χ0v) is 10.9. The molecule has 0 unspecified atom stereocenters. The Labute approximate surface area is 105 Å². The van der Waals surface area contributed by atoms with Crippen LogP contribution in [0.5, 0.6) is 0 Å². The predicted octanol–water partition coefficient (Wildman–Crippen LogP) is 1.00. The molecule has 0 aromatic rings. The molecule has 1 saturated heterocycles. The summed E-state index contributed by atoms with van der Waals surface area (Å²) in [5, 5.41) is 0.646. The van der Waals surface area contributed by atoms with E-state index in [1.54, 1.807) is 11.8 Å². The van der Waals surface area contributed by atoms with E-state index in [9.17, 15) is 9.59 Å². The minimum absolute atomic E-state index is 0.00486. The molecule has 17 heavy (non-hydrogen) atoms. The van der Waals surface area contributed by atoms with Crippen LogP contribution in [-0.2, 0) is 19.1 Å². The average Bonchev–Trinajstić information content (AvgIpc) is 2.62. The van der Waals surface area contributed by atoms with E-state index >= 15 is 0 Å². The maximum absolute atomic E-state index is 11.6. The van der Waals surface area contributed by atoms with Crippen LogP contribution < -0.4 is 0 Å². The lowest BCUT2D eigenvalue weighted by atomic mass is 10.5. The molecule has 0 N–H and O–H groups in total. The second kappa shape index (κ2) is 7.34. The zero-order valence-electron chi connectivity index (χ0n) is 10.1. The van der Waals surface area contributed by atoms with Crippen molar-refractivity contribution < 1.29 is 19.1 Å². The van der Waals surface area contributed by atoms with Gasteiger partial charge in [0.2, 0.25) is 5.91 Å². The highest BCUT2D eigenvalue weighted by Gasteiger charge is 2.26. The summed E-state index contributed by atoms with van der Waals surface area (Å²) in [6.45, 7) is 5.55. The van der Waals surface area contributed by atoms with E-state index in [2.05, 4.69) is 0 Å². The molecule has 1 fully saturated rings. The highest BCUT2D eigenvalue weighted by Crippen LogP contribution is 2.28. The van der Waals surface area contributed by atoms with Crippen LogP contribution >= 0.6 is 11.8 Å². The summed E-state index contributed by atoms with van der Waals surface area (Å²) in [6, 6.07) is 0. The van der Waals surface area contributed by atoms with Crippen LogP contribution in [0.15, 0.2) is 11.1 Å². The van der Waals surface area contributed by atoms with Crippen LogP contribution in [-0.4, -0.2) is 48.9 Å². The van der Waals surface area contributed by atoms with E-state index in [1.807, 2.05) is 6.92 Å². The first-order chi connectivity index (χ1) is 8.19. The maximum Gasteiger partial charge on any atom is 0.333 e. The average molecular weight is 259 g/mol. The largest absolute Gasteiger partial charge is 0.463 e. The lowest BCUT2D eigenvalue weighted by molar-refractivity contribution is -0.137. The number of rotatable bonds is 6. The molecule has 1 rings (SSSR count). The lowest BCUT2D eigenvalue weighted by Crippen LogP contribution is -2.28. The van der Waals surface area contributed by atoms with Gasteiger partial charge in [-0.1, -0.05) is 11.8 Å². The normalized spacial score (nSPS) is 17.9. The molecule has 1 aliphatic heterocycles. The van der Waals surface area contributed by atoms with Gasteiger partial charge in [0, 0.05) is 13.2 Å². The van der Waals surface area contributed by atoms with Crippen molar-refractivity contribution in [3.05, 3.63) is 11.1 Å². The third kappa shape index (κ3) is 4.40. The number of thioether (sulfide) groups is 1. The van der Waals surface area contributed by atoms with Crippen LogP contribution in [0.3, 0.4) is 0 Å². The van der Waals surface area contributed by atoms with E-state index < -0.39 is 5.97 Å². The van der Waals surface area contributed by atoms with Crippen molar-refractivity contribution in [3.8, 4) is 0 Å². The number of carbonyl (C=O) groups excluding carboxylic acids is 2. The fraction of sp³-hybridized carbons (Fsp3) is 0.636. The van der Waals surface area contributed by atoms with Crippen LogP contribution in [0.2, 0.25) is 0 Å². The maximum atomic E-state index is 11.6. The molecule has 96 valence electrons. The van der Waals surface area contributed by atoms with Gasteiger partial charge < -0.3 is 14.4 Å². The first kappa shape index (κ1) is 14.1. The number of carbonyl (C=O) groups is 2. The Morgan fingerprint density at radius 1 is 1.47 bits per heavy atom. The minimum Gasteiger partial charge on any atom is -0.463 e. The van der Waals surface area contributed by atoms with Gasteiger partial charge in [-0.05, 0) is 13.8 Å². The third-order valence-corrected chi connectivity index (χ3v) is 3.13. The monoisotopic (exact) mass is 259 g/mol. The van der Waals surface area contributed by atoms with Crippen LogP contribution in [0.25, 0.3) is 0 Å². The second-order valence-electron chi connectivity index (χ2n) is 3.27. The van der Waals surface area contributed by atoms with Crippen molar-refractivity contribution >= 4 is 23.6 Å². The fourth-order valence-electron chi connectivity index (χ4n) is 1.35. The van der Waals surface area contributed by atoms with Gasteiger partial charge in [-0.3, -0.25) is 4.79 Å². The minimum atomic E-state index is -0.411. The summed E-state index contributed by atoms with van der Waals surface area (Å²) >= 11 is 1.35. The first-order valence-electron chi connectivity index (χ1n) is 5.58. The first-order valence-corrected chi connectivity index (χ1v) is 6.57. The summed E-state index contributed by atoms with van der Waals surface area (Å²) in [7, 11) is 0. The molecule has 1 aliphatic rings. The van der Waals surface area contributed by atoms with Crippen LogP contribution in [0.1, 0.15) is 13.8 Å². The van der Waals surface area contributed by atoms with Gasteiger partial charge >= 0.3 is 5.97 Å². The van der Waals surface area contributed by atoms with E-state index in [0.29, 0.717) is 37.1 Å². The Morgan fingerprint density at radius 2 is 2.24 bits per heavy atom. The SMILES string of the molecule is CCOCCN1C(=O)CS/C1=C/C(=O)OCC. The summed E-state index contributed by atoms with van der Waals surface area (Å²) < 4.78 is 10.0. The second-order valence-corrected chi connectivity index (χ2v) is 4.26. The van der Waals surface area contributed by atoms with Crippen molar-refractivity contribution in [1.29, 1.82) is 0 Å². The van der Waals surface area contributed by atoms with Gasteiger partial charge in [-0.25, -0.2) is 4.79 Å². The molecule has 6 heteroatoms. The Balaban J connectivity index is 2.57. The number of hydrogen-bond acceptors (Lipinski definition) is 5. The molecule has 0 spiro atoms. The third-order valence-electron chi connectivity index (χ3n) is 2.10. The fourth-order valence-corrected chi connectivity index (χ4v) is 2.31. The Bertz CT molecular complexity index is 317. The van der Waals surface area contributed by atoms with E-state index in [4.69, 9.17) is 9.47 Å². The molecule has 0 bridgehead atoms. The Morgan fingerprint density at radius 3 is 2.88 bits per heavy atom. The number of hydrogen-bond donors (Lipinski definition) is 0. The molecule has 5 nitrogen and oxygen atoms in total. The Hall–Kier alpha value is -1.01. The van der Waals surface area contributed by atoms with E-state index in [0.717, 1.165) is 0 Å². The summed E-state index contributed by atoms with van der Waals surface area (Å²) in [5.41, 5.74) is 0. The molecule has 1 heterocycles. The predicted molar refractivity (Wildman–Crippen MR) is 65.4 cm³/mol. The van der Waals surface area contributed by atoms with Gasteiger partial charge in [0.25, 0.3) is 0 Å². The smallest absolute Gasteiger partial charge is 0.333 e. The summed E-state index contributed by atoms with van der Waals surface area (Å²) in [6.07, 6.45) is 1.37. The van der Waals surface area contributed by atoms with Crippen molar-refractivity contribution in [1.82, 2.24) is 4.90 Å². The van der Waals surface area contributed by atoms with Gasteiger partial charge in [-0.2, -0.15) is 0 Å². The summed E-state index contributed by atoms with van der Waals surface area (Å²) in [5.74, 6) is -0.0338. The van der Waals surface area contributed by atoms with Crippen molar-refractivity contribution in [3.63, 3.8) is 0 Å². The molecular formula is C11H17NO4S. The molecule has 0 atom stereocenters. The van der Waals surface area contributed by atoms with Gasteiger partial charge in [0.05, 0.1) is 30.1 Å². The van der Waals surface area contributed by atoms with Crippen molar-refractivity contribution in [2.24, 2.45) is 0 Å².